The molecule has 3 N–H and O–H groups in total. The number of carboxylic acid groups (broad SMARTS) is 1. The summed E-state index contributed by atoms with van der Waals surface area (Å²) in [5.74, 6) is -0.366. The monoisotopic (exact) mass is 396 g/mol. The van der Waals surface area contributed by atoms with Crippen molar-refractivity contribution in [1.29, 1.82) is 0 Å². The molecule has 152 valence electrons. The highest BCUT2D eigenvalue weighted by atomic mass is 16.5. The van der Waals surface area contributed by atoms with Crippen LogP contribution in [-0.2, 0) is 9.59 Å². The predicted molar refractivity (Wildman–Crippen MR) is 108 cm³/mol. The summed E-state index contributed by atoms with van der Waals surface area (Å²) in [6.07, 6.45) is 0.906. The second-order valence-corrected chi connectivity index (χ2v) is 7.34. The van der Waals surface area contributed by atoms with Gasteiger partial charge in [0.25, 0.3) is 5.91 Å². The highest BCUT2D eigenvalue weighted by Crippen LogP contribution is 2.38. The van der Waals surface area contributed by atoms with Crippen LogP contribution in [0.15, 0.2) is 48.5 Å². The molecular weight excluding hydrogens is 372 g/mol. The molecule has 0 bridgehead atoms. The van der Waals surface area contributed by atoms with Crippen LogP contribution < -0.4 is 15.4 Å². The fourth-order valence-corrected chi connectivity index (χ4v) is 3.02. The van der Waals surface area contributed by atoms with Gasteiger partial charge in [-0.2, -0.15) is 0 Å². The van der Waals surface area contributed by atoms with E-state index in [0.29, 0.717) is 22.9 Å². The average molecular weight is 396 g/mol. The van der Waals surface area contributed by atoms with Gasteiger partial charge in [-0.05, 0) is 55.2 Å². The summed E-state index contributed by atoms with van der Waals surface area (Å²) in [5, 5.41) is 14.4. The van der Waals surface area contributed by atoms with E-state index in [9.17, 15) is 14.4 Å². The normalized spacial score (nSPS) is 18.4. The molecule has 0 spiro atoms. The van der Waals surface area contributed by atoms with Gasteiger partial charge in [0.2, 0.25) is 5.91 Å². The third-order valence-electron chi connectivity index (χ3n) is 4.93. The molecule has 0 heterocycles. The molecule has 29 heavy (non-hydrogen) atoms. The molecule has 0 aromatic heterocycles. The van der Waals surface area contributed by atoms with Crippen LogP contribution in [0.2, 0.25) is 0 Å². The number of aliphatic carboxylic acids is 1. The van der Waals surface area contributed by atoms with E-state index in [1.807, 2.05) is 13.8 Å². The summed E-state index contributed by atoms with van der Waals surface area (Å²) < 4.78 is 5.10. The van der Waals surface area contributed by atoms with Crippen molar-refractivity contribution >= 4 is 23.5 Å². The number of amides is 2. The molecule has 3 unspecified atom stereocenters. The van der Waals surface area contributed by atoms with Crippen LogP contribution in [0.1, 0.15) is 42.2 Å². The maximum atomic E-state index is 12.6. The molecule has 7 nitrogen and oxygen atoms in total. The smallest absolute Gasteiger partial charge is 0.341 e. The zero-order valence-corrected chi connectivity index (χ0v) is 16.3. The Kier molecular flexibility index (Phi) is 6.16. The van der Waals surface area contributed by atoms with Gasteiger partial charge >= 0.3 is 5.97 Å². The van der Waals surface area contributed by atoms with E-state index in [1.165, 1.54) is 0 Å². The Morgan fingerprint density at radius 2 is 1.86 bits per heavy atom. The Labute approximate surface area is 169 Å². The lowest BCUT2D eigenvalue weighted by Gasteiger charge is -2.15. The summed E-state index contributed by atoms with van der Waals surface area (Å²) in [6.45, 7) is 3.49. The lowest BCUT2D eigenvalue weighted by atomic mass is 10.1. The van der Waals surface area contributed by atoms with Crippen molar-refractivity contribution in [2.45, 2.75) is 26.3 Å². The lowest BCUT2D eigenvalue weighted by molar-refractivity contribution is -0.139. The molecule has 2 aromatic rings. The number of anilines is 1. The summed E-state index contributed by atoms with van der Waals surface area (Å²) in [5.41, 5.74) is 1.92. The molecular formula is C22H24N2O5. The second kappa shape index (κ2) is 8.77. The van der Waals surface area contributed by atoms with E-state index in [2.05, 4.69) is 10.6 Å². The van der Waals surface area contributed by atoms with Crippen molar-refractivity contribution in [3.05, 3.63) is 59.7 Å². The number of ether oxygens (including phenoxy) is 1. The lowest BCUT2D eigenvalue weighted by Crippen LogP contribution is -2.26. The van der Waals surface area contributed by atoms with Gasteiger partial charge in [0.05, 0.1) is 6.04 Å². The highest BCUT2D eigenvalue weighted by molar-refractivity contribution is 5.98. The van der Waals surface area contributed by atoms with Crippen LogP contribution in [0.3, 0.4) is 0 Å². The molecule has 0 saturated heterocycles. The average Bonchev–Trinajstić information content (AvgIpc) is 3.43. The van der Waals surface area contributed by atoms with Crippen LogP contribution >= 0.6 is 0 Å². The van der Waals surface area contributed by atoms with Crippen molar-refractivity contribution in [3.8, 4) is 5.75 Å². The highest BCUT2D eigenvalue weighted by Gasteiger charge is 2.39. The van der Waals surface area contributed by atoms with Gasteiger partial charge in [-0.1, -0.05) is 25.1 Å². The Hall–Kier alpha value is -3.35. The Morgan fingerprint density at radius 3 is 2.48 bits per heavy atom. The first kappa shape index (κ1) is 20.4. The van der Waals surface area contributed by atoms with Crippen molar-refractivity contribution in [1.82, 2.24) is 5.32 Å². The minimum atomic E-state index is -1.04. The predicted octanol–water partition coefficient (Wildman–Crippen LogP) is 3.24. The van der Waals surface area contributed by atoms with Gasteiger partial charge in [-0.25, -0.2) is 4.79 Å². The third-order valence-corrected chi connectivity index (χ3v) is 4.93. The van der Waals surface area contributed by atoms with E-state index in [1.54, 1.807) is 48.5 Å². The van der Waals surface area contributed by atoms with Crippen molar-refractivity contribution in [2.24, 2.45) is 11.8 Å². The van der Waals surface area contributed by atoms with E-state index in [4.69, 9.17) is 9.84 Å². The first-order chi connectivity index (χ1) is 13.8. The number of benzene rings is 2. The summed E-state index contributed by atoms with van der Waals surface area (Å²) in [7, 11) is 0. The van der Waals surface area contributed by atoms with Crippen molar-refractivity contribution in [2.75, 3.05) is 11.9 Å². The minimum absolute atomic E-state index is 0.00590. The first-order valence-corrected chi connectivity index (χ1v) is 9.50. The zero-order chi connectivity index (χ0) is 21.0. The first-order valence-electron chi connectivity index (χ1n) is 9.50. The van der Waals surface area contributed by atoms with Gasteiger partial charge in [0.15, 0.2) is 6.61 Å². The zero-order valence-electron chi connectivity index (χ0n) is 16.3. The van der Waals surface area contributed by atoms with Gasteiger partial charge in [-0.3, -0.25) is 9.59 Å². The van der Waals surface area contributed by atoms with E-state index < -0.39 is 12.6 Å². The van der Waals surface area contributed by atoms with Crippen LogP contribution in [0, 0.1) is 11.8 Å². The van der Waals surface area contributed by atoms with Gasteiger partial charge < -0.3 is 20.5 Å². The third kappa shape index (κ3) is 5.57. The van der Waals surface area contributed by atoms with Crippen molar-refractivity contribution < 1.29 is 24.2 Å². The Balaban J connectivity index is 1.58. The molecule has 3 atom stereocenters. The van der Waals surface area contributed by atoms with Gasteiger partial charge in [0.1, 0.15) is 5.75 Å². The maximum absolute atomic E-state index is 12.6. The number of hydrogen-bond donors (Lipinski definition) is 3. The number of carbonyl (C=O) groups excluding carboxylic acids is 2. The maximum Gasteiger partial charge on any atom is 0.341 e. The number of hydrogen-bond acceptors (Lipinski definition) is 4. The summed E-state index contributed by atoms with van der Waals surface area (Å²) >= 11 is 0. The van der Waals surface area contributed by atoms with Crippen LogP contribution in [-0.4, -0.2) is 29.5 Å². The van der Waals surface area contributed by atoms with E-state index >= 15 is 0 Å². The van der Waals surface area contributed by atoms with Crippen LogP contribution in [0.4, 0.5) is 5.69 Å². The van der Waals surface area contributed by atoms with Gasteiger partial charge in [0, 0.05) is 17.2 Å². The largest absolute Gasteiger partial charge is 0.482 e. The van der Waals surface area contributed by atoms with Gasteiger partial charge in [-0.15, -0.1) is 0 Å². The molecule has 7 heteroatoms. The van der Waals surface area contributed by atoms with Crippen LogP contribution in [0.25, 0.3) is 0 Å². The molecule has 2 amide bonds. The minimum Gasteiger partial charge on any atom is -0.482 e. The number of carboxylic acids is 1. The topological polar surface area (TPSA) is 105 Å². The molecule has 0 radical (unpaired) electrons. The molecule has 1 saturated carbocycles. The fourth-order valence-electron chi connectivity index (χ4n) is 3.02. The number of rotatable bonds is 8. The number of carbonyl (C=O) groups is 3. The SMILES string of the molecule is CC(NC(=O)c1cccc(NC(=O)C2CC2C)c1)c1ccc(OCC(=O)O)cc1. The molecule has 1 fully saturated rings. The Bertz CT molecular complexity index is 910. The molecule has 2 aromatic carbocycles. The molecule has 1 aliphatic rings. The standard InChI is InChI=1S/C22H24N2O5/c1-13-10-19(13)22(28)24-17-5-3-4-16(11-17)21(27)23-14(2)15-6-8-18(9-7-15)29-12-20(25)26/h3-9,11,13-14,19H,10,12H2,1-2H3,(H,23,27)(H,24,28)(H,25,26). The molecule has 0 aliphatic heterocycles. The van der Waals surface area contributed by atoms with Crippen molar-refractivity contribution in [3.63, 3.8) is 0 Å². The quantitative estimate of drug-likeness (QED) is 0.635. The van der Waals surface area contributed by atoms with E-state index in [-0.39, 0.29) is 23.8 Å². The fraction of sp³-hybridized carbons (Fsp3) is 0.318. The van der Waals surface area contributed by atoms with E-state index in [0.717, 1.165) is 12.0 Å². The number of nitrogens with one attached hydrogen (secondary N) is 2. The molecule has 1 aliphatic carbocycles. The molecule has 3 rings (SSSR count). The summed E-state index contributed by atoms with van der Waals surface area (Å²) in [4.78, 5) is 35.2. The van der Waals surface area contributed by atoms with Crippen LogP contribution in [0.5, 0.6) is 5.75 Å². The summed E-state index contributed by atoms with van der Waals surface area (Å²) in [6, 6.07) is 13.5. The second-order valence-electron chi connectivity index (χ2n) is 7.34. The Morgan fingerprint density at radius 1 is 1.17 bits per heavy atom.